The van der Waals surface area contributed by atoms with Gasteiger partial charge in [0.25, 0.3) is 5.91 Å². The molecule has 0 fully saturated rings. The van der Waals surface area contributed by atoms with E-state index < -0.39 is 6.04 Å². The first-order chi connectivity index (χ1) is 17.5. The van der Waals surface area contributed by atoms with Crippen LogP contribution in [0.15, 0.2) is 80.4 Å². The van der Waals surface area contributed by atoms with Gasteiger partial charge in [0.15, 0.2) is 16.9 Å². The predicted octanol–water partition coefficient (Wildman–Crippen LogP) is 5.33. The molecule has 0 bridgehead atoms. The summed E-state index contributed by atoms with van der Waals surface area (Å²) in [5, 5.41) is 0.407. The van der Waals surface area contributed by atoms with E-state index in [2.05, 4.69) is 15.9 Å². The minimum atomic E-state index is -0.653. The summed E-state index contributed by atoms with van der Waals surface area (Å²) in [6.45, 7) is 0.981. The molecular weight excluding hydrogens is 526 g/mol. The van der Waals surface area contributed by atoms with Crippen LogP contribution in [-0.2, 0) is 11.3 Å². The average molecular weight is 550 g/mol. The molecule has 184 valence electrons. The molecule has 0 saturated heterocycles. The Labute approximate surface area is 216 Å². The fraction of sp³-hybridized carbons (Fsp3) is 0.214. The minimum absolute atomic E-state index is 0.0549. The Morgan fingerprint density at radius 2 is 1.78 bits per heavy atom. The number of nitrogens with zero attached hydrogens (tertiary/aromatic N) is 1. The zero-order valence-electron chi connectivity index (χ0n) is 19.8. The van der Waals surface area contributed by atoms with E-state index in [4.69, 9.17) is 18.6 Å². The van der Waals surface area contributed by atoms with Gasteiger partial charge >= 0.3 is 0 Å². The number of fused-ring (bicyclic) bond motifs is 2. The number of amides is 1. The third-order valence-electron chi connectivity index (χ3n) is 6.20. The van der Waals surface area contributed by atoms with Crippen LogP contribution in [0.2, 0.25) is 0 Å². The number of ether oxygens (including phenoxy) is 3. The summed E-state index contributed by atoms with van der Waals surface area (Å²) in [4.78, 5) is 28.7. The van der Waals surface area contributed by atoms with Gasteiger partial charge in [-0.3, -0.25) is 9.59 Å². The van der Waals surface area contributed by atoms with Gasteiger partial charge < -0.3 is 23.5 Å². The van der Waals surface area contributed by atoms with Crippen molar-refractivity contribution in [1.82, 2.24) is 4.90 Å². The number of halogens is 1. The van der Waals surface area contributed by atoms with Gasteiger partial charge in [-0.2, -0.15) is 0 Å². The second kappa shape index (κ2) is 10.2. The Balaban J connectivity index is 1.58. The van der Waals surface area contributed by atoms with E-state index in [9.17, 15) is 9.59 Å². The molecule has 1 atom stereocenters. The third-order valence-corrected chi connectivity index (χ3v) is 6.70. The van der Waals surface area contributed by atoms with Crippen LogP contribution >= 0.6 is 15.9 Å². The fourth-order valence-corrected chi connectivity index (χ4v) is 4.83. The maximum absolute atomic E-state index is 13.7. The Bertz CT molecular complexity index is 1480. The van der Waals surface area contributed by atoms with Gasteiger partial charge in [-0.05, 0) is 41.5 Å². The van der Waals surface area contributed by atoms with Crippen LogP contribution in [-0.4, -0.2) is 38.2 Å². The first-order valence-corrected chi connectivity index (χ1v) is 12.2. The lowest BCUT2D eigenvalue weighted by molar-refractivity contribution is 0.0663. The molecule has 0 aliphatic carbocycles. The molecule has 7 nitrogen and oxygen atoms in total. The van der Waals surface area contributed by atoms with Gasteiger partial charge in [-0.1, -0.05) is 52.3 Å². The number of methoxy groups -OCH3 is 2. The number of hydrogen-bond acceptors (Lipinski definition) is 6. The van der Waals surface area contributed by atoms with Crippen LogP contribution in [0, 0.1) is 0 Å². The summed E-state index contributed by atoms with van der Waals surface area (Å²) in [6.07, 6.45) is 0. The highest BCUT2D eigenvalue weighted by atomic mass is 79.9. The van der Waals surface area contributed by atoms with Crippen molar-refractivity contribution in [2.75, 3.05) is 27.4 Å². The lowest BCUT2D eigenvalue weighted by Crippen LogP contribution is -2.32. The van der Waals surface area contributed by atoms with Gasteiger partial charge in [0, 0.05) is 18.1 Å². The Morgan fingerprint density at radius 1 is 0.972 bits per heavy atom. The van der Waals surface area contributed by atoms with E-state index in [-0.39, 0.29) is 23.6 Å². The summed E-state index contributed by atoms with van der Waals surface area (Å²) in [5.41, 5.74) is 2.17. The van der Waals surface area contributed by atoms with E-state index in [1.54, 1.807) is 49.5 Å². The highest BCUT2D eigenvalue weighted by molar-refractivity contribution is 9.10. The second-order valence-electron chi connectivity index (χ2n) is 8.39. The van der Waals surface area contributed by atoms with E-state index in [1.165, 1.54) is 0 Å². The molecular formula is C28H24BrNO6. The summed E-state index contributed by atoms with van der Waals surface area (Å²) < 4.78 is 23.6. The maximum atomic E-state index is 13.7. The average Bonchev–Trinajstić information content (AvgIpc) is 3.18. The molecule has 0 spiro atoms. The molecule has 1 amide bonds. The fourth-order valence-electron chi connectivity index (χ4n) is 4.47. The van der Waals surface area contributed by atoms with Gasteiger partial charge in [0.05, 0.1) is 30.7 Å². The quantitative estimate of drug-likeness (QED) is 0.295. The normalized spacial score (nSPS) is 14.8. The van der Waals surface area contributed by atoms with E-state index in [0.717, 1.165) is 10.0 Å². The number of carbonyl (C=O) groups excluding carboxylic acids is 1. The van der Waals surface area contributed by atoms with Crippen LogP contribution in [0.25, 0.3) is 11.0 Å². The Hall–Kier alpha value is -3.62. The largest absolute Gasteiger partial charge is 0.493 e. The molecule has 1 aliphatic rings. The van der Waals surface area contributed by atoms with Crippen molar-refractivity contribution in [2.45, 2.75) is 12.6 Å². The first kappa shape index (κ1) is 24.1. The molecule has 1 aromatic heterocycles. The van der Waals surface area contributed by atoms with Crippen LogP contribution in [0.1, 0.15) is 33.3 Å². The van der Waals surface area contributed by atoms with Crippen molar-refractivity contribution in [3.05, 3.63) is 104 Å². The SMILES string of the molecule is COCCN1C(=O)c2oc3ccc(Br)cc3c(=O)c2C1c1ccc(OCc2ccccc2)c(OC)c1. The molecule has 2 heterocycles. The molecule has 8 heteroatoms. The highest BCUT2D eigenvalue weighted by Crippen LogP contribution is 2.41. The molecule has 0 radical (unpaired) electrons. The Morgan fingerprint density at radius 3 is 2.53 bits per heavy atom. The van der Waals surface area contributed by atoms with Crippen molar-refractivity contribution < 1.29 is 23.4 Å². The molecule has 3 aromatic carbocycles. The molecule has 1 unspecified atom stereocenters. The molecule has 0 N–H and O–H groups in total. The van der Waals surface area contributed by atoms with Gasteiger partial charge in [-0.25, -0.2) is 0 Å². The van der Waals surface area contributed by atoms with Crippen molar-refractivity contribution in [3.8, 4) is 11.5 Å². The maximum Gasteiger partial charge on any atom is 0.290 e. The van der Waals surface area contributed by atoms with Crippen molar-refractivity contribution in [1.29, 1.82) is 0 Å². The van der Waals surface area contributed by atoms with Crippen LogP contribution in [0.3, 0.4) is 0 Å². The number of benzene rings is 3. The molecule has 0 saturated carbocycles. The monoisotopic (exact) mass is 549 g/mol. The molecule has 5 rings (SSSR count). The highest BCUT2D eigenvalue weighted by Gasteiger charge is 2.42. The molecule has 4 aromatic rings. The van der Waals surface area contributed by atoms with Crippen molar-refractivity contribution in [2.24, 2.45) is 0 Å². The minimum Gasteiger partial charge on any atom is -0.493 e. The summed E-state index contributed by atoms with van der Waals surface area (Å²) in [7, 11) is 3.13. The van der Waals surface area contributed by atoms with E-state index >= 15 is 0 Å². The topological polar surface area (TPSA) is 78.2 Å². The molecule has 36 heavy (non-hydrogen) atoms. The summed E-state index contributed by atoms with van der Waals surface area (Å²) in [6, 6.07) is 19.8. The first-order valence-electron chi connectivity index (χ1n) is 11.4. The van der Waals surface area contributed by atoms with Crippen LogP contribution in [0.4, 0.5) is 0 Å². The number of hydrogen-bond donors (Lipinski definition) is 0. The van der Waals surface area contributed by atoms with E-state index in [0.29, 0.717) is 46.8 Å². The number of carbonyl (C=O) groups is 1. The van der Waals surface area contributed by atoms with Gasteiger partial charge in [0.2, 0.25) is 5.76 Å². The number of rotatable bonds is 8. The lowest BCUT2D eigenvalue weighted by Gasteiger charge is -2.25. The van der Waals surface area contributed by atoms with Gasteiger partial charge in [0.1, 0.15) is 12.2 Å². The van der Waals surface area contributed by atoms with Crippen molar-refractivity contribution >= 4 is 32.8 Å². The van der Waals surface area contributed by atoms with Crippen LogP contribution < -0.4 is 14.9 Å². The molecule has 1 aliphatic heterocycles. The predicted molar refractivity (Wildman–Crippen MR) is 139 cm³/mol. The third kappa shape index (κ3) is 4.38. The zero-order valence-corrected chi connectivity index (χ0v) is 21.4. The Kier molecular flexibility index (Phi) is 6.80. The smallest absolute Gasteiger partial charge is 0.290 e. The second-order valence-corrected chi connectivity index (χ2v) is 9.31. The lowest BCUT2D eigenvalue weighted by atomic mass is 9.98. The zero-order chi connectivity index (χ0) is 25.2. The standard InChI is InChI=1S/C28H24BrNO6/c1-33-13-12-30-25(24-26(31)20-15-19(29)9-11-21(20)36-27(24)28(30)32)18-8-10-22(23(14-18)34-2)35-16-17-6-4-3-5-7-17/h3-11,14-15,25H,12-13,16H2,1-2H3. The van der Waals surface area contributed by atoms with Crippen LogP contribution in [0.5, 0.6) is 11.5 Å². The summed E-state index contributed by atoms with van der Waals surface area (Å²) in [5.74, 6) is 0.771. The van der Waals surface area contributed by atoms with E-state index in [1.807, 2.05) is 36.4 Å². The van der Waals surface area contributed by atoms with Gasteiger partial charge in [-0.15, -0.1) is 0 Å². The summed E-state index contributed by atoms with van der Waals surface area (Å²) >= 11 is 3.42. The van der Waals surface area contributed by atoms with Crippen molar-refractivity contribution in [3.63, 3.8) is 0 Å².